The third-order valence-electron chi connectivity index (χ3n) is 2.15. The average Bonchev–Trinajstić information content (AvgIpc) is 2.33. The van der Waals surface area contributed by atoms with Crippen molar-refractivity contribution >= 4 is 11.8 Å². The van der Waals surface area contributed by atoms with E-state index in [9.17, 15) is 0 Å². The van der Waals surface area contributed by atoms with Crippen molar-refractivity contribution in [2.45, 2.75) is 33.3 Å². The van der Waals surface area contributed by atoms with Crippen LogP contribution in [0.15, 0.2) is 6.07 Å². The summed E-state index contributed by atoms with van der Waals surface area (Å²) in [6.07, 6.45) is 0.944. The van der Waals surface area contributed by atoms with E-state index in [4.69, 9.17) is 15.2 Å². The topological polar surface area (TPSA) is 82.3 Å². The molecule has 1 rings (SSSR count). The van der Waals surface area contributed by atoms with Gasteiger partial charge in [-0.3, -0.25) is 0 Å². The summed E-state index contributed by atoms with van der Waals surface area (Å²) in [6.45, 7) is 7.99. The molecule has 6 heteroatoms. The molecule has 0 aliphatic heterocycles. The van der Waals surface area contributed by atoms with Crippen molar-refractivity contribution in [3.05, 3.63) is 6.07 Å². The monoisotopic (exact) mass is 254 g/mol. The largest absolute Gasteiger partial charge is 0.472 e. The Hall–Kier alpha value is -1.56. The van der Waals surface area contributed by atoms with Crippen LogP contribution in [0.4, 0.5) is 11.8 Å². The van der Waals surface area contributed by atoms with Crippen LogP contribution in [0.2, 0.25) is 0 Å². The van der Waals surface area contributed by atoms with Crippen molar-refractivity contribution in [2.75, 3.05) is 30.8 Å². The quantitative estimate of drug-likeness (QED) is 0.734. The second kappa shape index (κ2) is 7.71. The molecule has 6 nitrogen and oxygen atoms in total. The second-order valence-corrected chi connectivity index (χ2v) is 3.96. The van der Waals surface area contributed by atoms with Gasteiger partial charge in [0.25, 0.3) is 0 Å². The molecule has 18 heavy (non-hydrogen) atoms. The first-order valence-electron chi connectivity index (χ1n) is 6.28. The maximum atomic E-state index is 5.63. The van der Waals surface area contributed by atoms with Crippen molar-refractivity contribution in [1.82, 2.24) is 9.97 Å². The van der Waals surface area contributed by atoms with E-state index in [2.05, 4.69) is 22.2 Å². The highest BCUT2D eigenvalue weighted by molar-refractivity contribution is 5.42. The van der Waals surface area contributed by atoms with Crippen LogP contribution < -0.4 is 15.8 Å². The number of ether oxygens (including phenoxy) is 2. The normalized spacial score (nSPS) is 12.2. The first-order chi connectivity index (χ1) is 8.65. The first kappa shape index (κ1) is 14.5. The molecule has 1 heterocycles. The summed E-state index contributed by atoms with van der Waals surface area (Å²) in [7, 11) is 0. The predicted octanol–water partition coefficient (Wildman–Crippen LogP) is 1.68. The molecule has 1 aromatic rings. The highest BCUT2D eigenvalue weighted by Crippen LogP contribution is 2.16. The predicted molar refractivity (Wildman–Crippen MR) is 71.8 cm³/mol. The highest BCUT2D eigenvalue weighted by atomic mass is 16.5. The maximum Gasteiger partial charge on any atom is 0.225 e. The number of nitrogens with one attached hydrogen (secondary N) is 1. The summed E-state index contributed by atoms with van der Waals surface area (Å²) in [5, 5.41) is 3.15. The van der Waals surface area contributed by atoms with Crippen LogP contribution in [0.25, 0.3) is 0 Å². The van der Waals surface area contributed by atoms with Gasteiger partial charge in [-0.15, -0.1) is 0 Å². The zero-order valence-electron chi connectivity index (χ0n) is 11.3. The van der Waals surface area contributed by atoms with E-state index in [1.54, 1.807) is 6.07 Å². The number of nitrogens with zero attached hydrogens (tertiary/aromatic N) is 2. The van der Waals surface area contributed by atoms with Crippen LogP contribution in [0.1, 0.15) is 27.2 Å². The summed E-state index contributed by atoms with van der Waals surface area (Å²) in [5.41, 5.74) is 5.63. The molecular weight excluding hydrogens is 232 g/mol. The van der Waals surface area contributed by atoms with Crippen LogP contribution in [0.5, 0.6) is 5.88 Å². The van der Waals surface area contributed by atoms with Gasteiger partial charge < -0.3 is 20.5 Å². The zero-order valence-corrected chi connectivity index (χ0v) is 11.3. The van der Waals surface area contributed by atoms with Gasteiger partial charge in [-0.1, -0.05) is 6.92 Å². The summed E-state index contributed by atoms with van der Waals surface area (Å²) in [6, 6.07) is 1.74. The van der Waals surface area contributed by atoms with Gasteiger partial charge in [0.05, 0.1) is 6.61 Å². The van der Waals surface area contributed by atoms with Crippen LogP contribution in [0, 0.1) is 0 Å². The number of hydrogen-bond donors (Lipinski definition) is 2. The highest BCUT2D eigenvalue weighted by Gasteiger charge is 2.08. The standard InChI is InChI=1S/C12H22N4O2/c1-4-6-14-10-7-11(16-12(13)15-10)18-9(3)8-17-5-2/h7,9H,4-6,8H2,1-3H3,(H3,13,14,15,16). The van der Waals surface area contributed by atoms with Crippen molar-refractivity contribution < 1.29 is 9.47 Å². The van der Waals surface area contributed by atoms with Crippen molar-refractivity contribution in [1.29, 1.82) is 0 Å². The minimum atomic E-state index is -0.0710. The number of rotatable bonds is 8. The van der Waals surface area contributed by atoms with Gasteiger partial charge in [0.1, 0.15) is 11.9 Å². The molecule has 0 radical (unpaired) electrons. The van der Waals surface area contributed by atoms with E-state index in [1.807, 2.05) is 13.8 Å². The smallest absolute Gasteiger partial charge is 0.225 e. The SMILES string of the molecule is CCCNc1cc(OC(C)COCC)nc(N)n1. The molecule has 0 spiro atoms. The average molecular weight is 254 g/mol. The third-order valence-corrected chi connectivity index (χ3v) is 2.15. The Kier molecular flexibility index (Phi) is 6.21. The van der Waals surface area contributed by atoms with Crippen molar-refractivity contribution in [2.24, 2.45) is 0 Å². The minimum absolute atomic E-state index is 0.0710. The molecule has 1 atom stereocenters. The molecule has 102 valence electrons. The van der Waals surface area contributed by atoms with E-state index >= 15 is 0 Å². The number of anilines is 2. The fourth-order valence-corrected chi connectivity index (χ4v) is 1.37. The van der Waals surface area contributed by atoms with Crippen molar-refractivity contribution in [3.63, 3.8) is 0 Å². The molecule has 0 fully saturated rings. The minimum Gasteiger partial charge on any atom is -0.472 e. The lowest BCUT2D eigenvalue weighted by atomic mass is 10.4. The van der Waals surface area contributed by atoms with Gasteiger partial charge >= 0.3 is 0 Å². The van der Waals surface area contributed by atoms with Gasteiger partial charge in [0, 0.05) is 19.2 Å². The lowest BCUT2D eigenvalue weighted by Gasteiger charge is -2.14. The van der Waals surface area contributed by atoms with Crippen LogP contribution in [-0.4, -0.2) is 35.8 Å². The lowest BCUT2D eigenvalue weighted by molar-refractivity contribution is 0.0634. The Morgan fingerprint density at radius 1 is 1.39 bits per heavy atom. The van der Waals surface area contributed by atoms with E-state index in [-0.39, 0.29) is 12.1 Å². The summed E-state index contributed by atoms with van der Waals surface area (Å²) < 4.78 is 10.9. The third kappa shape index (κ3) is 5.18. The molecule has 0 bridgehead atoms. The Bertz CT molecular complexity index is 360. The van der Waals surface area contributed by atoms with Gasteiger partial charge in [0.15, 0.2) is 0 Å². The molecule has 3 N–H and O–H groups in total. The Morgan fingerprint density at radius 3 is 2.83 bits per heavy atom. The molecule has 1 unspecified atom stereocenters. The van der Waals surface area contributed by atoms with E-state index in [1.165, 1.54) is 0 Å². The molecule has 1 aromatic heterocycles. The van der Waals surface area contributed by atoms with Crippen LogP contribution >= 0.6 is 0 Å². The molecule has 0 aliphatic rings. The first-order valence-corrected chi connectivity index (χ1v) is 6.28. The fourth-order valence-electron chi connectivity index (χ4n) is 1.37. The van der Waals surface area contributed by atoms with E-state index in [0.717, 1.165) is 13.0 Å². The lowest BCUT2D eigenvalue weighted by Crippen LogP contribution is -2.20. The van der Waals surface area contributed by atoms with Crippen molar-refractivity contribution in [3.8, 4) is 5.88 Å². The Morgan fingerprint density at radius 2 is 2.17 bits per heavy atom. The molecule has 0 aliphatic carbocycles. The number of hydrogen-bond acceptors (Lipinski definition) is 6. The van der Waals surface area contributed by atoms with Gasteiger partial charge in [-0.25, -0.2) is 0 Å². The number of nitrogens with two attached hydrogens (primary N) is 1. The van der Waals surface area contributed by atoms with Gasteiger partial charge in [-0.2, -0.15) is 9.97 Å². The van der Waals surface area contributed by atoms with Gasteiger partial charge in [-0.05, 0) is 20.3 Å². The Balaban J connectivity index is 2.61. The molecule has 0 amide bonds. The number of aromatic nitrogens is 2. The van der Waals surface area contributed by atoms with E-state index < -0.39 is 0 Å². The fraction of sp³-hybridized carbons (Fsp3) is 0.667. The summed E-state index contributed by atoms with van der Waals surface area (Å²) >= 11 is 0. The number of nitrogen functional groups attached to an aromatic ring is 1. The zero-order chi connectivity index (χ0) is 13.4. The van der Waals surface area contributed by atoms with Crippen LogP contribution in [-0.2, 0) is 4.74 Å². The summed E-state index contributed by atoms with van der Waals surface area (Å²) in [5.74, 6) is 1.35. The summed E-state index contributed by atoms with van der Waals surface area (Å²) in [4.78, 5) is 8.12. The second-order valence-electron chi connectivity index (χ2n) is 3.96. The molecule has 0 saturated heterocycles. The Labute approximate surface area is 108 Å². The maximum absolute atomic E-state index is 5.63. The molecule has 0 saturated carbocycles. The van der Waals surface area contributed by atoms with Gasteiger partial charge in [0.2, 0.25) is 11.8 Å². The molecule has 0 aromatic carbocycles. The molecular formula is C12H22N4O2. The van der Waals surface area contributed by atoms with Crippen LogP contribution in [0.3, 0.4) is 0 Å². The van der Waals surface area contributed by atoms with E-state index in [0.29, 0.717) is 24.9 Å².